The van der Waals surface area contributed by atoms with Gasteiger partial charge in [0.15, 0.2) is 0 Å². The van der Waals surface area contributed by atoms with Crippen LogP contribution in [0.15, 0.2) is 107 Å². The highest BCUT2D eigenvalue weighted by atomic mass is 32.1. The van der Waals surface area contributed by atoms with Crippen LogP contribution in [0.4, 0.5) is 0 Å². The maximum absolute atomic E-state index is 14.2. The van der Waals surface area contributed by atoms with E-state index in [9.17, 15) is 24.9 Å². The molecule has 6 rings (SSSR count). The zero-order valence-electron chi connectivity index (χ0n) is 33.6. The van der Waals surface area contributed by atoms with Gasteiger partial charge in [0.2, 0.25) is 11.8 Å². The van der Waals surface area contributed by atoms with Gasteiger partial charge >= 0.3 is 0 Å². The Morgan fingerprint density at radius 2 is 1.57 bits per heavy atom. The fraction of sp³-hybridized carbons (Fsp3) is 0.404. The van der Waals surface area contributed by atoms with Crippen LogP contribution in [0.1, 0.15) is 81.4 Å². The Morgan fingerprint density at radius 3 is 2.11 bits per heavy atom. The topological polar surface area (TPSA) is 107 Å². The number of rotatable bonds is 15. The Hall–Kier alpha value is -4.12. The molecule has 3 N–H and O–H groups in total. The first kappa shape index (κ1) is 41.5. The second kappa shape index (κ2) is 17.6. The van der Waals surface area contributed by atoms with Crippen molar-refractivity contribution in [2.45, 2.75) is 91.3 Å². The number of hydrogen-bond donors (Lipinski definition) is 3. The van der Waals surface area contributed by atoms with Gasteiger partial charge in [-0.2, -0.15) is 0 Å². The van der Waals surface area contributed by atoms with E-state index in [1.54, 1.807) is 0 Å². The average molecular weight is 792 g/mol. The van der Waals surface area contributed by atoms with Gasteiger partial charge in [0.1, 0.15) is 5.75 Å². The molecule has 56 heavy (non-hydrogen) atoms. The lowest BCUT2D eigenvalue weighted by Gasteiger charge is -2.44. The molecule has 1 aliphatic heterocycles. The maximum atomic E-state index is 14.2. The van der Waals surface area contributed by atoms with Gasteiger partial charge in [0, 0.05) is 10.8 Å². The van der Waals surface area contributed by atoms with Crippen LogP contribution in [0.5, 0.6) is 5.75 Å². The molecule has 2 heterocycles. The zero-order chi connectivity index (χ0) is 40.2. The molecule has 1 fully saturated rings. The number of phenols is 1. The summed E-state index contributed by atoms with van der Waals surface area (Å²) in [6.07, 6.45) is 4.22. The minimum atomic E-state index is -3.02. The molecule has 1 saturated heterocycles. The van der Waals surface area contributed by atoms with E-state index in [1.165, 1.54) is 21.8 Å². The number of likely N-dealkylation sites (tertiary alicyclic amines) is 1. The van der Waals surface area contributed by atoms with E-state index in [2.05, 4.69) is 58.0 Å². The van der Waals surface area contributed by atoms with Crippen molar-refractivity contribution >= 4 is 47.9 Å². The number of phenolic OH excluding ortho intramolecular Hbond substituents is 1. The highest BCUT2D eigenvalue weighted by Crippen LogP contribution is 2.48. The van der Waals surface area contributed by atoms with Gasteiger partial charge in [-0.15, -0.1) is 11.3 Å². The van der Waals surface area contributed by atoms with Gasteiger partial charge < -0.3 is 19.7 Å². The number of aliphatic hydroxyl groups excluding tert-OH is 2. The standard InChI is InChI=1S/C47H57NO6SSi/c1-7-15-33(26-34-24-31(2)44(51)32(3)25-34)21-22-41(50)42-35(27-39-43(40(42)29-49)46(53)48(45(39)52)28-36-16-14-23-55-36)30-54-56(47(4,5)6,37-17-10-8-11-18-37)38-19-12-9-13-20-38/h8-14,16-20,23-26,39-41,43,49-51H,7,15,21-22,27-30H2,1-6H3/b33-26+/t39-,40+,41-,43-/m1/s1. The summed E-state index contributed by atoms with van der Waals surface area (Å²) in [5.74, 6) is -2.35. The molecule has 0 bridgehead atoms. The summed E-state index contributed by atoms with van der Waals surface area (Å²) in [6.45, 7) is 12.6. The molecule has 1 aromatic heterocycles. The number of amides is 2. The number of allylic oxidation sites excluding steroid dienone is 1. The molecular formula is C47H57NO6SSi. The highest BCUT2D eigenvalue weighted by molar-refractivity contribution is 7.09. The number of nitrogens with zero attached hydrogens (tertiary/aromatic N) is 1. The summed E-state index contributed by atoms with van der Waals surface area (Å²) in [5, 5.41) is 37.8. The van der Waals surface area contributed by atoms with E-state index in [-0.39, 0.29) is 43.0 Å². The molecule has 0 spiro atoms. The van der Waals surface area contributed by atoms with Crippen molar-refractivity contribution in [3.63, 3.8) is 0 Å². The van der Waals surface area contributed by atoms with E-state index in [4.69, 9.17) is 4.43 Å². The van der Waals surface area contributed by atoms with Crippen LogP contribution in [-0.4, -0.2) is 59.7 Å². The maximum Gasteiger partial charge on any atom is 0.261 e. The molecule has 3 aromatic carbocycles. The first-order valence-corrected chi connectivity index (χ1v) is 22.7. The van der Waals surface area contributed by atoms with E-state index in [1.807, 2.05) is 79.9 Å². The molecular weight excluding hydrogens is 735 g/mol. The summed E-state index contributed by atoms with van der Waals surface area (Å²) < 4.78 is 7.43. The van der Waals surface area contributed by atoms with Crippen LogP contribution in [0, 0.1) is 31.6 Å². The van der Waals surface area contributed by atoms with Crippen LogP contribution in [0.3, 0.4) is 0 Å². The Bertz CT molecular complexity index is 1990. The van der Waals surface area contributed by atoms with Crippen LogP contribution in [-0.2, 0) is 20.6 Å². The van der Waals surface area contributed by atoms with Crippen molar-refractivity contribution in [3.05, 3.63) is 129 Å². The number of hydrogen-bond acceptors (Lipinski definition) is 7. The van der Waals surface area contributed by atoms with E-state index < -0.39 is 32.2 Å². The Kier molecular flexibility index (Phi) is 13.0. The normalized spacial score (nSPS) is 19.8. The molecule has 4 atom stereocenters. The summed E-state index contributed by atoms with van der Waals surface area (Å²) >= 11 is 1.51. The number of aliphatic hydroxyl groups is 2. The molecule has 2 amide bonds. The quantitative estimate of drug-likeness (QED) is 0.0639. The number of benzene rings is 3. The van der Waals surface area contributed by atoms with Crippen molar-refractivity contribution in [2.75, 3.05) is 13.2 Å². The summed E-state index contributed by atoms with van der Waals surface area (Å²) in [4.78, 5) is 30.7. The number of carbonyl (C=O) groups excluding carboxylic acids is 2. The average Bonchev–Trinajstić information content (AvgIpc) is 3.78. The van der Waals surface area contributed by atoms with Crippen LogP contribution in [0.25, 0.3) is 6.08 Å². The second-order valence-corrected chi connectivity index (χ2v) is 21.9. The van der Waals surface area contributed by atoms with Gasteiger partial charge in [0.05, 0.1) is 37.7 Å². The van der Waals surface area contributed by atoms with Crippen molar-refractivity contribution in [2.24, 2.45) is 17.8 Å². The van der Waals surface area contributed by atoms with E-state index in [0.717, 1.165) is 50.4 Å². The largest absolute Gasteiger partial charge is 0.507 e. The fourth-order valence-electron chi connectivity index (χ4n) is 9.20. The van der Waals surface area contributed by atoms with Crippen molar-refractivity contribution in [1.29, 1.82) is 0 Å². The molecule has 296 valence electrons. The third-order valence-corrected chi connectivity index (χ3v) is 17.6. The Morgan fingerprint density at radius 1 is 0.946 bits per heavy atom. The molecule has 1 aliphatic carbocycles. The van der Waals surface area contributed by atoms with Crippen molar-refractivity contribution < 1.29 is 29.3 Å². The molecule has 0 radical (unpaired) electrons. The lowest BCUT2D eigenvalue weighted by atomic mass is 9.68. The van der Waals surface area contributed by atoms with Gasteiger partial charge in [-0.1, -0.05) is 112 Å². The third-order valence-electron chi connectivity index (χ3n) is 11.8. The Balaban J connectivity index is 1.41. The fourth-order valence-corrected chi connectivity index (χ4v) is 14.4. The minimum Gasteiger partial charge on any atom is -0.507 e. The summed E-state index contributed by atoms with van der Waals surface area (Å²) in [7, 11) is -3.02. The molecule has 4 aromatic rings. The molecule has 0 unspecified atom stereocenters. The van der Waals surface area contributed by atoms with Crippen molar-refractivity contribution in [1.82, 2.24) is 4.90 Å². The molecule has 9 heteroatoms. The Labute approximate surface area is 337 Å². The van der Waals surface area contributed by atoms with Gasteiger partial charge in [-0.25, -0.2) is 0 Å². The first-order chi connectivity index (χ1) is 26.8. The zero-order valence-corrected chi connectivity index (χ0v) is 35.4. The smallest absolute Gasteiger partial charge is 0.261 e. The van der Waals surface area contributed by atoms with Crippen LogP contribution < -0.4 is 10.4 Å². The highest BCUT2D eigenvalue weighted by Gasteiger charge is 2.56. The lowest BCUT2D eigenvalue weighted by molar-refractivity contribution is -0.140. The van der Waals surface area contributed by atoms with Gasteiger partial charge in [-0.3, -0.25) is 14.5 Å². The first-order valence-electron chi connectivity index (χ1n) is 19.9. The summed E-state index contributed by atoms with van der Waals surface area (Å²) in [6, 6.07) is 28.6. The van der Waals surface area contributed by atoms with E-state index in [0.29, 0.717) is 24.2 Å². The number of fused-ring (bicyclic) bond motifs is 1. The lowest BCUT2D eigenvalue weighted by Crippen LogP contribution is -2.66. The monoisotopic (exact) mass is 791 g/mol. The number of thiophene rings is 1. The summed E-state index contributed by atoms with van der Waals surface area (Å²) in [5.41, 5.74) is 5.24. The molecule has 2 aliphatic rings. The SMILES string of the molecule is CCC/C(=C\c1cc(C)c(O)c(C)c1)CC[C@@H](O)C1=C(CO[Si](c2ccccc2)(c2ccccc2)C(C)(C)C)C[C@H]2C(=O)N(Cc3cccs3)C(=O)[C@H]2[C@H]1CO. The van der Waals surface area contributed by atoms with Gasteiger partial charge in [0.25, 0.3) is 8.32 Å². The number of carbonyl (C=O) groups is 2. The molecule has 7 nitrogen and oxygen atoms in total. The van der Waals surface area contributed by atoms with Crippen LogP contribution in [0.2, 0.25) is 5.04 Å². The molecule has 0 saturated carbocycles. The predicted octanol–water partition coefficient (Wildman–Crippen LogP) is 8.08. The van der Waals surface area contributed by atoms with Gasteiger partial charge in [-0.05, 0) is 106 Å². The minimum absolute atomic E-state index is 0.162. The number of aromatic hydroxyl groups is 1. The number of imide groups is 1. The second-order valence-electron chi connectivity index (χ2n) is 16.6. The van der Waals surface area contributed by atoms with Crippen LogP contribution >= 0.6 is 11.3 Å². The number of aryl methyl sites for hydroxylation is 2. The van der Waals surface area contributed by atoms with Crippen molar-refractivity contribution in [3.8, 4) is 5.75 Å². The third kappa shape index (κ3) is 8.29. The predicted molar refractivity (Wildman–Crippen MR) is 228 cm³/mol. The van der Waals surface area contributed by atoms with E-state index >= 15 is 0 Å².